The Morgan fingerprint density at radius 1 is 1.21 bits per heavy atom. The van der Waals surface area contributed by atoms with E-state index >= 15 is 0 Å². The SMILES string of the molecule is COc1ccc(N2C(=O)CCS2(=O)=O)cc1S(=O)(=O)NC[C@@H](c1ccco1)N1CCOCC1. The molecule has 0 saturated carbocycles. The highest BCUT2D eigenvalue weighted by Crippen LogP contribution is 2.33. The Bertz CT molecular complexity index is 1210. The average molecular weight is 500 g/mol. The Hall–Kier alpha value is -2.45. The van der Waals surface area contributed by atoms with Gasteiger partial charge in [-0.2, -0.15) is 0 Å². The maximum atomic E-state index is 13.3. The van der Waals surface area contributed by atoms with E-state index in [0.717, 1.165) is 6.07 Å². The number of furan rings is 1. The molecule has 1 aromatic carbocycles. The minimum atomic E-state index is -4.14. The van der Waals surface area contributed by atoms with Crippen LogP contribution < -0.4 is 13.8 Å². The molecule has 2 aliphatic rings. The Kier molecular flexibility index (Phi) is 6.77. The van der Waals surface area contributed by atoms with Crippen LogP contribution in [0.1, 0.15) is 18.2 Å². The highest BCUT2D eigenvalue weighted by molar-refractivity contribution is 7.94. The van der Waals surface area contributed by atoms with Gasteiger partial charge in [0.05, 0.1) is 44.1 Å². The first-order valence-corrected chi connectivity index (χ1v) is 13.4. The molecular formula is C20H25N3O8S2. The predicted octanol–water partition coefficient (Wildman–Crippen LogP) is 0.707. The predicted molar refractivity (Wildman–Crippen MR) is 118 cm³/mol. The molecule has 1 amide bonds. The van der Waals surface area contributed by atoms with Crippen molar-refractivity contribution < 1.29 is 35.5 Å². The van der Waals surface area contributed by atoms with Gasteiger partial charge in [-0.3, -0.25) is 9.69 Å². The van der Waals surface area contributed by atoms with Gasteiger partial charge in [0.15, 0.2) is 0 Å². The van der Waals surface area contributed by atoms with Crippen molar-refractivity contribution in [1.82, 2.24) is 9.62 Å². The zero-order valence-electron chi connectivity index (χ0n) is 18.0. The van der Waals surface area contributed by atoms with Crippen LogP contribution in [0.5, 0.6) is 5.75 Å². The van der Waals surface area contributed by atoms with Crippen molar-refractivity contribution in [1.29, 1.82) is 0 Å². The van der Waals surface area contributed by atoms with E-state index in [1.54, 1.807) is 12.1 Å². The molecule has 2 aliphatic heterocycles. The lowest BCUT2D eigenvalue weighted by Gasteiger charge is -2.33. The first-order valence-electron chi connectivity index (χ1n) is 10.3. The first-order chi connectivity index (χ1) is 15.7. The van der Waals surface area contributed by atoms with Crippen molar-refractivity contribution >= 4 is 31.6 Å². The molecule has 2 fully saturated rings. The number of nitrogens with zero attached hydrogens (tertiary/aromatic N) is 2. The molecule has 1 aromatic heterocycles. The molecule has 11 nitrogen and oxygen atoms in total. The quantitative estimate of drug-likeness (QED) is 0.557. The van der Waals surface area contributed by atoms with E-state index in [1.165, 1.54) is 25.5 Å². The molecule has 1 N–H and O–H groups in total. The number of benzene rings is 1. The number of hydrogen-bond acceptors (Lipinski definition) is 9. The fraction of sp³-hybridized carbons (Fsp3) is 0.450. The smallest absolute Gasteiger partial charge is 0.244 e. The number of rotatable bonds is 8. The largest absolute Gasteiger partial charge is 0.495 e. The van der Waals surface area contributed by atoms with Crippen molar-refractivity contribution in [2.75, 3.05) is 50.0 Å². The molecule has 2 aromatic rings. The molecule has 0 bridgehead atoms. The van der Waals surface area contributed by atoms with Crippen LogP contribution in [0.4, 0.5) is 5.69 Å². The van der Waals surface area contributed by atoms with Crippen molar-refractivity contribution in [3.8, 4) is 5.75 Å². The van der Waals surface area contributed by atoms with Crippen LogP contribution in [0.3, 0.4) is 0 Å². The van der Waals surface area contributed by atoms with Gasteiger partial charge >= 0.3 is 0 Å². The highest BCUT2D eigenvalue weighted by Gasteiger charge is 2.37. The Labute approximate surface area is 192 Å². The summed E-state index contributed by atoms with van der Waals surface area (Å²) < 4.78 is 70.5. The van der Waals surface area contributed by atoms with Gasteiger partial charge in [0, 0.05) is 26.1 Å². The van der Waals surface area contributed by atoms with Crippen LogP contribution in [0.25, 0.3) is 0 Å². The zero-order chi connectivity index (χ0) is 23.6. The summed E-state index contributed by atoms with van der Waals surface area (Å²) in [5.41, 5.74) is -0.0468. The number of amides is 1. The number of ether oxygens (including phenoxy) is 2. The Morgan fingerprint density at radius 3 is 2.58 bits per heavy atom. The monoisotopic (exact) mass is 499 g/mol. The molecule has 33 heavy (non-hydrogen) atoms. The molecule has 180 valence electrons. The maximum absolute atomic E-state index is 13.3. The second-order valence-corrected chi connectivity index (χ2v) is 11.3. The summed E-state index contributed by atoms with van der Waals surface area (Å²) in [7, 11) is -6.68. The minimum Gasteiger partial charge on any atom is -0.495 e. The van der Waals surface area contributed by atoms with Gasteiger partial charge in [-0.25, -0.2) is 25.9 Å². The van der Waals surface area contributed by atoms with E-state index < -0.39 is 26.0 Å². The number of sulfonamides is 2. The molecule has 3 heterocycles. The molecular weight excluding hydrogens is 474 g/mol. The van der Waals surface area contributed by atoms with Crippen LogP contribution >= 0.6 is 0 Å². The number of morpholine rings is 1. The number of methoxy groups -OCH3 is 1. The standard InChI is InChI=1S/C20H25N3O8S2/c1-29-18-5-4-15(23-20(24)6-12-32(23,25)26)13-19(18)33(27,28)21-14-16(17-3-2-9-31-17)22-7-10-30-11-8-22/h2-5,9,13,16,21H,6-8,10-12,14H2,1H3/t16-/m0/s1. The fourth-order valence-corrected chi connectivity index (χ4v) is 6.59. The molecule has 2 saturated heterocycles. The topological polar surface area (TPSA) is 135 Å². The van der Waals surface area contributed by atoms with Gasteiger partial charge in [-0.1, -0.05) is 0 Å². The van der Waals surface area contributed by atoms with Crippen LogP contribution in [-0.2, 0) is 29.6 Å². The summed E-state index contributed by atoms with van der Waals surface area (Å²) >= 11 is 0. The van der Waals surface area contributed by atoms with Gasteiger partial charge in [-0.05, 0) is 30.3 Å². The van der Waals surface area contributed by atoms with E-state index in [2.05, 4.69) is 9.62 Å². The first kappa shape index (κ1) is 23.7. The van der Waals surface area contributed by atoms with Crippen LogP contribution in [0.2, 0.25) is 0 Å². The van der Waals surface area contributed by atoms with E-state index in [4.69, 9.17) is 13.9 Å². The molecule has 4 rings (SSSR count). The lowest BCUT2D eigenvalue weighted by atomic mass is 10.2. The van der Waals surface area contributed by atoms with Crippen molar-refractivity contribution in [2.45, 2.75) is 17.4 Å². The highest BCUT2D eigenvalue weighted by atomic mass is 32.2. The number of anilines is 1. The number of carbonyl (C=O) groups excluding carboxylic acids is 1. The van der Waals surface area contributed by atoms with E-state index in [0.29, 0.717) is 36.4 Å². The van der Waals surface area contributed by atoms with Gasteiger partial charge in [0.2, 0.25) is 26.0 Å². The number of carbonyl (C=O) groups is 1. The van der Waals surface area contributed by atoms with Crippen molar-refractivity contribution in [3.63, 3.8) is 0 Å². The van der Waals surface area contributed by atoms with Gasteiger partial charge in [0.1, 0.15) is 16.4 Å². The molecule has 0 radical (unpaired) electrons. The Balaban J connectivity index is 1.62. The zero-order valence-corrected chi connectivity index (χ0v) is 19.6. The third kappa shape index (κ3) is 4.92. The summed E-state index contributed by atoms with van der Waals surface area (Å²) in [6.07, 6.45) is 1.37. The normalized spacial score (nSPS) is 20.2. The maximum Gasteiger partial charge on any atom is 0.244 e. The van der Waals surface area contributed by atoms with Crippen LogP contribution in [0, 0.1) is 0 Å². The molecule has 0 unspecified atom stereocenters. The van der Waals surface area contributed by atoms with E-state index in [9.17, 15) is 21.6 Å². The summed E-state index contributed by atoms with van der Waals surface area (Å²) in [6, 6.07) is 6.96. The average Bonchev–Trinajstić information content (AvgIpc) is 3.42. The molecule has 0 spiro atoms. The Morgan fingerprint density at radius 2 is 1.97 bits per heavy atom. The van der Waals surface area contributed by atoms with E-state index in [-0.39, 0.29) is 41.1 Å². The second-order valence-electron chi connectivity index (χ2n) is 7.59. The molecule has 0 aliphatic carbocycles. The van der Waals surface area contributed by atoms with Crippen LogP contribution in [-0.4, -0.2) is 73.4 Å². The third-order valence-corrected chi connectivity index (χ3v) is 8.71. The summed E-state index contributed by atoms with van der Waals surface area (Å²) in [4.78, 5) is 13.9. The summed E-state index contributed by atoms with van der Waals surface area (Å²) in [5.74, 6) is -0.297. The van der Waals surface area contributed by atoms with Crippen LogP contribution in [0.15, 0.2) is 45.9 Å². The fourth-order valence-electron chi connectivity index (χ4n) is 3.92. The third-order valence-electron chi connectivity index (χ3n) is 5.57. The lowest BCUT2D eigenvalue weighted by molar-refractivity contribution is -0.116. The summed E-state index contributed by atoms with van der Waals surface area (Å²) in [5, 5.41) is 0. The second kappa shape index (κ2) is 9.43. The molecule has 13 heteroatoms. The number of hydrogen-bond donors (Lipinski definition) is 1. The van der Waals surface area contributed by atoms with Gasteiger partial charge < -0.3 is 13.9 Å². The minimum absolute atomic E-state index is 0.00414. The summed E-state index contributed by atoms with van der Waals surface area (Å²) in [6.45, 7) is 2.28. The number of nitrogens with one attached hydrogen (secondary N) is 1. The van der Waals surface area contributed by atoms with E-state index in [1.807, 2.05) is 0 Å². The van der Waals surface area contributed by atoms with Gasteiger partial charge in [0.25, 0.3) is 0 Å². The molecule has 1 atom stereocenters. The van der Waals surface area contributed by atoms with Gasteiger partial charge in [-0.15, -0.1) is 0 Å². The lowest BCUT2D eigenvalue weighted by Crippen LogP contribution is -2.43. The van der Waals surface area contributed by atoms with Crippen molar-refractivity contribution in [2.24, 2.45) is 0 Å². The van der Waals surface area contributed by atoms with Crippen molar-refractivity contribution in [3.05, 3.63) is 42.4 Å².